The number of nitrogens with one attached hydrogen (secondary N) is 1. The van der Waals surface area contributed by atoms with Gasteiger partial charge in [0.1, 0.15) is 5.82 Å². The van der Waals surface area contributed by atoms with Crippen LogP contribution < -0.4 is 11.1 Å². The lowest BCUT2D eigenvalue weighted by Crippen LogP contribution is -2.12. The van der Waals surface area contributed by atoms with E-state index in [0.717, 1.165) is 0 Å². The van der Waals surface area contributed by atoms with Crippen LogP contribution >= 0.6 is 0 Å². The molecule has 0 saturated heterocycles. The molecule has 1 aromatic heterocycles. The summed E-state index contributed by atoms with van der Waals surface area (Å²) in [5.41, 5.74) is 8.05. The third-order valence-electron chi connectivity index (χ3n) is 2.77. The summed E-state index contributed by atoms with van der Waals surface area (Å²) in [5, 5.41) is 3.24. The number of nitrogens with zero attached hydrogens (tertiary/aromatic N) is 3. The Morgan fingerprint density at radius 2 is 1.83 bits per heavy atom. The van der Waals surface area contributed by atoms with Gasteiger partial charge in [-0.2, -0.15) is 15.0 Å². The number of aryl methyl sites for hydroxylation is 2. The SMILES string of the molecule is Cc1nc(N)nc(NC(C)c2ccccc2C)n1. The van der Waals surface area contributed by atoms with Gasteiger partial charge >= 0.3 is 0 Å². The Bertz CT molecular complexity index is 533. The van der Waals surface area contributed by atoms with Crippen LogP contribution in [0.15, 0.2) is 24.3 Å². The molecule has 1 atom stereocenters. The van der Waals surface area contributed by atoms with Gasteiger partial charge < -0.3 is 11.1 Å². The lowest BCUT2D eigenvalue weighted by molar-refractivity contribution is 0.840. The molecule has 0 aliphatic rings. The number of benzene rings is 1. The number of nitrogens with two attached hydrogens (primary N) is 1. The summed E-state index contributed by atoms with van der Waals surface area (Å²) in [5.74, 6) is 1.36. The van der Waals surface area contributed by atoms with Gasteiger partial charge in [0.25, 0.3) is 0 Å². The van der Waals surface area contributed by atoms with Gasteiger partial charge in [-0.05, 0) is 31.9 Å². The second-order valence-electron chi connectivity index (χ2n) is 4.29. The molecule has 94 valence electrons. The van der Waals surface area contributed by atoms with Crippen molar-refractivity contribution in [3.05, 3.63) is 41.2 Å². The summed E-state index contributed by atoms with van der Waals surface area (Å²) >= 11 is 0. The fourth-order valence-electron chi connectivity index (χ4n) is 1.91. The van der Waals surface area contributed by atoms with Crippen LogP contribution in [0.4, 0.5) is 11.9 Å². The molecule has 0 aliphatic carbocycles. The van der Waals surface area contributed by atoms with Gasteiger partial charge in [-0.3, -0.25) is 0 Å². The van der Waals surface area contributed by atoms with Crippen molar-refractivity contribution in [2.75, 3.05) is 11.1 Å². The van der Waals surface area contributed by atoms with Gasteiger partial charge in [-0.1, -0.05) is 24.3 Å². The van der Waals surface area contributed by atoms with E-state index < -0.39 is 0 Å². The predicted molar refractivity (Wildman–Crippen MR) is 72.2 cm³/mol. The highest BCUT2D eigenvalue weighted by atomic mass is 15.2. The van der Waals surface area contributed by atoms with Gasteiger partial charge in [0, 0.05) is 0 Å². The van der Waals surface area contributed by atoms with Crippen molar-refractivity contribution in [2.24, 2.45) is 0 Å². The summed E-state index contributed by atoms with van der Waals surface area (Å²) in [4.78, 5) is 12.2. The summed E-state index contributed by atoms with van der Waals surface area (Å²) in [6.07, 6.45) is 0. The molecule has 18 heavy (non-hydrogen) atoms. The molecule has 2 aromatic rings. The first-order chi connectivity index (χ1) is 8.56. The van der Waals surface area contributed by atoms with Crippen LogP contribution in [-0.4, -0.2) is 15.0 Å². The molecule has 1 unspecified atom stereocenters. The van der Waals surface area contributed by atoms with Crippen LogP contribution in [0.1, 0.15) is 29.9 Å². The molecular weight excluding hydrogens is 226 g/mol. The third kappa shape index (κ3) is 2.74. The fourth-order valence-corrected chi connectivity index (χ4v) is 1.91. The normalized spacial score (nSPS) is 12.2. The quantitative estimate of drug-likeness (QED) is 0.864. The molecule has 1 aromatic carbocycles. The molecule has 5 heteroatoms. The number of nitrogen functional groups attached to an aromatic ring is 1. The second-order valence-corrected chi connectivity index (χ2v) is 4.29. The Hall–Kier alpha value is -2.17. The first-order valence-corrected chi connectivity index (χ1v) is 5.86. The van der Waals surface area contributed by atoms with Gasteiger partial charge in [0.2, 0.25) is 11.9 Å². The summed E-state index contributed by atoms with van der Waals surface area (Å²) in [7, 11) is 0. The third-order valence-corrected chi connectivity index (χ3v) is 2.77. The van der Waals surface area contributed by atoms with Crippen molar-refractivity contribution in [2.45, 2.75) is 26.8 Å². The first kappa shape index (κ1) is 12.3. The largest absolute Gasteiger partial charge is 0.368 e. The van der Waals surface area contributed by atoms with E-state index in [0.29, 0.717) is 11.8 Å². The molecular formula is C13H17N5. The van der Waals surface area contributed by atoms with Gasteiger partial charge in [-0.25, -0.2) is 0 Å². The van der Waals surface area contributed by atoms with Crippen LogP contribution in [0.5, 0.6) is 0 Å². The maximum Gasteiger partial charge on any atom is 0.228 e. The molecule has 0 amide bonds. The van der Waals surface area contributed by atoms with E-state index in [-0.39, 0.29) is 12.0 Å². The van der Waals surface area contributed by atoms with Gasteiger partial charge in [0.15, 0.2) is 0 Å². The van der Waals surface area contributed by atoms with Crippen LogP contribution in [0.25, 0.3) is 0 Å². The van der Waals surface area contributed by atoms with E-state index in [9.17, 15) is 0 Å². The number of rotatable bonds is 3. The van der Waals surface area contributed by atoms with Crippen molar-refractivity contribution < 1.29 is 0 Å². The zero-order chi connectivity index (χ0) is 13.1. The lowest BCUT2D eigenvalue weighted by atomic mass is 10.0. The zero-order valence-corrected chi connectivity index (χ0v) is 10.8. The molecule has 0 aliphatic heterocycles. The van der Waals surface area contributed by atoms with Crippen molar-refractivity contribution in [3.63, 3.8) is 0 Å². The smallest absolute Gasteiger partial charge is 0.228 e. The average molecular weight is 243 g/mol. The Labute approximate surface area is 106 Å². The second kappa shape index (κ2) is 5.00. The van der Waals surface area contributed by atoms with Crippen molar-refractivity contribution in [3.8, 4) is 0 Å². The van der Waals surface area contributed by atoms with Crippen molar-refractivity contribution >= 4 is 11.9 Å². The number of hydrogen-bond acceptors (Lipinski definition) is 5. The Kier molecular flexibility index (Phi) is 3.41. The number of hydrogen-bond donors (Lipinski definition) is 2. The minimum absolute atomic E-state index is 0.118. The standard InChI is InChI=1S/C13H17N5/c1-8-6-4-5-7-11(8)9(2)15-13-17-10(3)16-12(14)18-13/h4-7,9H,1-3H3,(H3,14,15,16,17,18). The molecule has 2 rings (SSSR count). The maximum absolute atomic E-state index is 5.60. The van der Waals surface area contributed by atoms with E-state index in [4.69, 9.17) is 5.73 Å². The van der Waals surface area contributed by atoms with Crippen molar-refractivity contribution in [1.29, 1.82) is 0 Å². The minimum Gasteiger partial charge on any atom is -0.368 e. The van der Waals surface area contributed by atoms with E-state index in [1.54, 1.807) is 6.92 Å². The molecule has 0 spiro atoms. The first-order valence-electron chi connectivity index (χ1n) is 5.86. The average Bonchev–Trinajstić information content (AvgIpc) is 2.27. The topological polar surface area (TPSA) is 76.7 Å². The molecule has 3 N–H and O–H groups in total. The van der Waals surface area contributed by atoms with Crippen LogP contribution in [-0.2, 0) is 0 Å². The van der Waals surface area contributed by atoms with E-state index >= 15 is 0 Å². The lowest BCUT2D eigenvalue weighted by Gasteiger charge is -2.16. The predicted octanol–water partition coefficient (Wildman–Crippen LogP) is 2.24. The summed E-state index contributed by atoms with van der Waals surface area (Å²) in [6, 6.07) is 8.34. The Morgan fingerprint density at radius 1 is 1.11 bits per heavy atom. The van der Waals surface area contributed by atoms with Gasteiger partial charge in [-0.15, -0.1) is 0 Å². The highest BCUT2D eigenvalue weighted by Crippen LogP contribution is 2.20. The highest BCUT2D eigenvalue weighted by Gasteiger charge is 2.10. The molecule has 0 fully saturated rings. The van der Waals surface area contributed by atoms with E-state index in [1.165, 1.54) is 11.1 Å². The van der Waals surface area contributed by atoms with E-state index in [1.807, 2.05) is 12.1 Å². The zero-order valence-electron chi connectivity index (χ0n) is 10.8. The Morgan fingerprint density at radius 3 is 2.50 bits per heavy atom. The van der Waals surface area contributed by atoms with Crippen LogP contribution in [0, 0.1) is 13.8 Å². The fraction of sp³-hybridized carbons (Fsp3) is 0.308. The molecule has 5 nitrogen and oxygen atoms in total. The number of anilines is 2. The highest BCUT2D eigenvalue weighted by molar-refractivity contribution is 5.37. The van der Waals surface area contributed by atoms with Crippen LogP contribution in [0.3, 0.4) is 0 Å². The minimum atomic E-state index is 0.118. The Balaban J connectivity index is 2.21. The molecule has 0 radical (unpaired) electrons. The monoisotopic (exact) mass is 243 g/mol. The number of aromatic nitrogens is 3. The maximum atomic E-state index is 5.60. The molecule has 1 heterocycles. The van der Waals surface area contributed by atoms with Gasteiger partial charge in [0.05, 0.1) is 6.04 Å². The van der Waals surface area contributed by atoms with E-state index in [2.05, 4.69) is 46.2 Å². The van der Waals surface area contributed by atoms with Crippen molar-refractivity contribution in [1.82, 2.24) is 15.0 Å². The van der Waals surface area contributed by atoms with Crippen LogP contribution in [0.2, 0.25) is 0 Å². The molecule has 0 bridgehead atoms. The molecule has 0 saturated carbocycles. The summed E-state index contributed by atoms with van der Waals surface area (Å²) in [6.45, 7) is 5.94. The summed E-state index contributed by atoms with van der Waals surface area (Å²) < 4.78 is 0.